The van der Waals surface area contributed by atoms with Crippen molar-refractivity contribution < 1.29 is 9.53 Å². The van der Waals surface area contributed by atoms with Crippen LogP contribution in [0.5, 0.6) is 0 Å². The Labute approximate surface area is 112 Å². The van der Waals surface area contributed by atoms with E-state index in [-0.39, 0.29) is 11.5 Å². The summed E-state index contributed by atoms with van der Waals surface area (Å²) >= 11 is 0. The Balaban J connectivity index is 2.02. The van der Waals surface area contributed by atoms with Gasteiger partial charge in [-0.3, -0.25) is 4.79 Å². The van der Waals surface area contributed by atoms with Crippen molar-refractivity contribution in [3.05, 3.63) is 40.6 Å². The molecule has 1 aliphatic heterocycles. The van der Waals surface area contributed by atoms with Crippen LogP contribution < -0.4 is 10.3 Å². The van der Waals surface area contributed by atoms with Crippen LogP contribution in [0, 0.1) is 0 Å². The van der Waals surface area contributed by atoms with E-state index < -0.39 is 0 Å². The molecule has 19 heavy (non-hydrogen) atoms. The SMILES string of the molecule is CCOC(=O)N1CCN(c2cccccc2=O)CC1. The summed E-state index contributed by atoms with van der Waals surface area (Å²) in [6, 6.07) is 8.81. The van der Waals surface area contributed by atoms with Gasteiger partial charge in [-0.15, -0.1) is 0 Å². The molecule has 1 heterocycles. The molecule has 1 saturated heterocycles. The fourth-order valence-electron chi connectivity index (χ4n) is 2.13. The van der Waals surface area contributed by atoms with Gasteiger partial charge in [0.15, 0.2) is 0 Å². The van der Waals surface area contributed by atoms with Gasteiger partial charge in [0.1, 0.15) is 0 Å². The summed E-state index contributed by atoms with van der Waals surface area (Å²) in [6.07, 6.45) is -0.275. The van der Waals surface area contributed by atoms with Crippen LogP contribution in [0.4, 0.5) is 10.5 Å². The molecule has 1 aliphatic rings. The molecule has 102 valence electrons. The first kappa shape index (κ1) is 13.4. The minimum Gasteiger partial charge on any atom is -0.450 e. The molecule has 0 unspecified atom stereocenters. The van der Waals surface area contributed by atoms with E-state index in [9.17, 15) is 9.59 Å². The maximum absolute atomic E-state index is 11.9. The summed E-state index contributed by atoms with van der Waals surface area (Å²) in [7, 11) is 0. The summed E-state index contributed by atoms with van der Waals surface area (Å²) in [5.74, 6) is 0. The monoisotopic (exact) mass is 262 g/mol. The Morgan fingerprint density at radius 1 is 1.16 bits per heavy atom. The normalized spacial score (nSPS) is 15.2. The number of carbonyl (C=O) groups excluding carboxylic acids is 1. The number of ether oxygens (including phenoxy) is 1. The summed E-state index contributed by atoms with van der Waals surface area (Å²) in [4.78, 5) is 27.2. The van der Waals surface area contributed by atoms with E-state index in [0.717, 1.165) is 0 Å². The van der Waals surface area contributed by atoms with Gasteiger partial charge in [0.2, 0.25) is 5.43 Å². The first-order chi connectivity index (χ1) is 9.22. The van der Waals surface area contributed by atoms with Crippen molar-refractivity contribution >= 4 is 11.8 Å². The van der Waals surface area contributed by atoms with Crippen molar-refractivity contribution in [2.24, 2.45) is 0 Å². The van der Waals surface area contributed by atoms with Crippen molar-refractivity contribution in [1.29, 1.82) is 0 Å². The minimum atomic E-state index is -0.275. The molecule has 0 radical (unpaired) electrons. The highest BCUT2D eigenvalue weighted by atomic mass is 16.6. The van der Waals surface area contributed by atoms with Gasteiger partial charge in [0.25, 0.3) is 0 Å². The maximum Gasteiger partial charge on any atom is 0.409 e. The van der Waals surface area contributed by atoms with E-state index in [2.05, 4.69) is 0 Å². The highest BCUT2D eigenvalue weighted by molar-refractivity contribution is 5.68. The maximum atomic E-state index is 11.9. The molecule has 1 fully saturated rings. The Bertz CT molecular complexity index is 496. The largest absolute Gasteiger partial charge is 0.450 e. The van der Waals surface area contributed by atoms with E-state index in [4.69, 9.17) is 4.74 Å². The van der Waals surface area contributed by atoms with Crippen LogP contribution in [0.25, 0.3) is 0 Å². The number of hydrogen-bond donors (Lipinski definition) is 0. The van der Waals surface area contributed by atoms with Crippen molar-refractivity contribution in [1.82, 2.24) is 4.90 Å². The summed E-state index contributed by atoms with van der Waals surface area (Å²) in [6.45, 7) is 4.64. The van der Waals surface area contributed by atoms with Gasteiger partial charge in [0, 0.05) is 26.2 Å². The number of nitrogens with zero attached hydrogens (tertiary/aromatic N) is 2. The first-order valence-electron chi connectivity index (χ1n) is 6.48. The van der Waals surface area contributed by atoms with Crippen molar-refractivity contribution in [3.63, 3.8) is 0 Å². The lowest BCUT2D eigenvalue weighted by Gasteiger charge is -2.34. The highest BCUT2D eigenvalue weighted by Gasteiger charge is 2.22. The number of piperazine rings is 1. The molecule has 2 rings (SSSR count). The van der Waals surface area contributed by atoms with Crippen LogP contribution in [0.3, 0.4) is 0 Å². The number of hydrogen-bond acceptors (Lipinski definition) is 4. The Morgan fingerprint density at radius 2 is 1.84 bits per heavy atom. The van der Waals surface area contributed by atoms with Gasteiger partial charge >= 0.3 is 6.09 Å². The standard InChI is InChI=1S/C14H18N2O3/c1-2-19-14(18)16-10-8-15(9-11-16)12-6-4-3-5-7-13(12)17/h3-7H,2,8-11H2,1H3. The zero-order chi connectivity index (χ0) is 13.7. The third kappa shape index (κ3) is 3.24. The number of anilines is 1. The molecule has 5 nitrogen and oxygen atoms in total. The lowest BCUT2D eigenvalue weighted by molar-refractivity contribution is 0.105. The Morgan fingerprint density at radius 3 is 2.53 bits per heavy atom. The summed E-state index contributed by atoms with van der Waals surface area (Å²) < 4.78 is 4.97. The molecular weight excluding hydrogens is 244 g/mol. The number of carbonyl (C=O) groups is 1. The van der Waals surface area contributed by atoms with E-state index in [0.29, 0.717) is 38.5 Å². The molecule has 0 bridgehead atoms. The third-order valence-corrected chi connectivity index (χ3v) is 3.12. The van der Waals surface area contributed by atoms with Crippen LogP contribution in [0.2, 0.25) is 0 Å². The Hall–Kier alpha value is -2.04. The second-order valence-electron chi connectivity index (χ2n) is 4.33. The van der Waals surface area contributed by atoms with Crippen molar-refractivity contribution in [2.45, 2.75) is 6.92 Å². The molecule has 1 aromatic rings. The average molecular weight is 262 g/mol. The Kier molecular flexibility index (Phi) is 4.39. The fourth-order valence-corrected chi connectivity index (χ4v) is 2.13. The van der Waals surface area contributed by atoms with Crippen LogP contribution in [-0.4, -0.2) is 43.8 Å². The highest BCUT2D eigenvalue weighted by Crippen LogP contribution is 2.11. The lowest BCUT2D eigenvalue weighted by Crippen LogP contribution is -2.49. The molecule has 0 saturated carbocycles. The van der Waals surface area contributed by atoms with Gasteiger partial charge < -0.3 is 14.5 Å². The van der Waals surface area contributed by atoms with Crippen molar-refractivity contribution in [2.75, 3.05) is 37.7 Å². The summed E-state index contributed by atoms with van der Waals surface area (Å²) in [5.41, 5.74) is 0.697. The molecule has 1 aromatic carbocycles. The minimum absolute atomic E-state index is 0.00887. The molecule has 0 N–H and O–H groups in total. The molecule has 0 atom stereocenters. The van der Waals surface area contributed by atoms with Gasteiger partial charge in [-0.05, 0) is 19.1 Å². The van der Waals surface area contributed by atoms with Gasteiger partial charge in [-0.25, -0.2) is 4.79 Å². The second kappa shape index (κ2) is 6.22. The molecular formula is C14H18N2O3. The topological polar surface area (TPSA) is 49.9 Å². The number of rotatable bonds is 2. The van der Waals surface area contributed by atoms with E-state index >= 15 is 0 Å². The van der Waals surface area contributed by atoms with Crippen LogP contribution in [0.15, 0.2) is 35.1 Å². The predicted molar refractivity (Wildman–Crippen MR) is 73.5 cm³/mol. The first-order valence-corrected chi connectivity index (χ1v) is 6.48. The molecule has 0 aromatic heterocycles. The van der Waals surface area contributed by atoms with E-state index in [1.807, 2.05) is 23.1 Å². The van der Waals surface area contributed by atoms with Crippen molar-refractivity contribution in [3.8, 4) is 0 Å². The van der Waals surface area contributed by atoms with E-state index in [1.165, 1.54) is 0 Å². The van der Waals surface area contributed by atoms with Gasteiger partial charge in [-0.2, -0.15) is 0 Å². The molecule has 0 aliphatic carbocycles. The third-order valence-electron chi connectivity index (χ3n) is 3.12. The predicted octanol–water partition coefficient (Wildman–Crippen LogP) is 1.33. The fraction of sp³-hybridized carbons (Fsp3) is 0.429. The van der Waals surface area contributed by atoms with E-state index in [1.54, 1.807) is 24.0 Å². The van der Waals surface area contributed by atoms with Gasteiger partial charge in [0.05, 0.1) is 12.3 Å². The molecule has 5 heteroatoms. The summed E-state index contributed by atoms with van der Waals surface area (Å²) in [5, 5.41) is 0. The van der Waals surface area contributed by atoms with Crippen LogP contribution >= 0.6 is 0 Å². The molecule has 0 spiro atoms. The molecule has 1 amide bonds. The zero-order valence-corrected chi connectivity index (χ0v) is 11.0. The average Bonchev–Trinajstić information content (AvgIpc) is 2.64. The number of amides is 1. The smallest absolute Gasteiger partial charge is 0.409 e. The quantitative estimate of drug-likeness (QED) is 0.806. The second-order valence-corrected chi connectivity index (χ2v) is 4.33. The zero-order valence-electron chi connectivity index (χ0n) is 11.0. The van der Waals surface area contributed by atoms with Gasteiger partial charge in [-0.1, -0.05) is 18.2 Å². The van der Waals surface area contributed by atoms with Crippen LogP contribution in [-0.2, 0) is 4.74 Å². The lowest BCUT2D eigenvalue weighted by atomic mass is 10.3. The van der Waals surface area contributed by atoms with Crippen LogP contribution in [0.1, 0.15) is 6.92 Å².